The molecule has 1 spiro atoms. The Bertz CT molecular complexity index is 931. The zero-order chi connectivity index (χ0) is 18.6. The smallest absolute Gasteiger partial charge is 0.314 e. The third-order valence-electron chi connectivity index (χ3n) is 5.20. The fourth-order valence-electron chi connectivity index (χ4n) is 4.10. The summed E-state index contributed by atoms with van der Waals surface area (Å²) in [6, 6.07) is 10.7. The molecule has 0 saturated carbocycles. The highest BCUT2D eigenvalue weighted by atomic mass is 79.9. The maximum Gasteiger partial charge on any atom is 0.314 e. The van der Waals surface area contributed by atoms with Crippen LogP contribution in [-0.4, -0.2) is 25.5 Å². The third kappa shape index (κ3) is 2.41. The molecule has 134 valence electrons. The predicted octanol–water partition coefficient (Wildman–Crippen LogP) is 4.70. The van der Waals surface area contributed by atoms with Gasteiger partial charge in [0, 0.05) is 23.0 Å². The highest BCUT2D eigenvalue weighted by molar-refractivity contribution is 9.10. The monoisotopic (exact) mass is 453 g/mol. The molecule has 2 heterocycles. The van der Waals surface area contributed by atoms with E-state index in [1.807, 2.05) is 24.3 Å². The Morgan fingerprint density at radius 2 is 1.88 bits per heavy atom. The topological polar surface area (TPSA) is 46.6 Å². The van der Waals surface area contributed by atoms with Gasteiger partial charge in [-0.15, -0.1) is 0 Å². The first-order chi connectivity index (χ1) is 12.4. The number of fused-ring (bicyclic) bond motifs is 2. The number of benzene rings is 2. The van der Waals surface area contributed by atoms with Crippen molar-refractivity contribution in [2.75, 3.05) is 18.6 Å². The van der Waals surface area contributed by atoms with Crippen molar-refractivity contribution >= 4 is 56.7 Å². The summed E-state index contributed by atoms with van der Waals surface area (Å²) in [5, 5.41) is 0.832. The number of hydrogen-bond donors (Lipinski definition) is 0. The summed E-state index contributed by atoms with van der Waals surface area (Å²) in [7, 11) is 1.67. The van der Waals surface area contributed by atoms with Crippen LogP contribution in [0.3, 0.4) is 0 Å². The van der Waals surface area contributed by atoms with Gasteiger partial charge in [-0.1, -0.05) is 51.3 Å². The Labute approximate surface area is 169 Å². The van der Waals surface area contributed by atoms with E-state index in [4.69, 9.17) is 27.9 Å². The first-order valence-corrected chi connectivity index (χ1v) is 9.61. The van der Waals surface area contributed by atoms with E-state index >= 15 is 0 Å². The number of nitrogens with zero attached hydrogens (tertiary/aromatic N) is 1. The zero-order valence-electron chi connectivity index (χ0n) is 13.8. The molecular formula is C19H14BrCl2NO3. The molecule has 0 unspecified atom stereocenters. The predicted molar refractivity (Wildman–Crippen MR) is 104 cm³/mol. The summed E-state index contributed by atoms with van der Waals surface area (Å²) >= 11 is 16.0. The molecule has 4 rings (SSSR count). The normalized spacial score (nSPS) is 24.8. The maximum atomic E-state index is 13.4. The standard InChI is InChI=1S/C19H14BrCl2NO3/c1-23-16-13(8-12(21)9-14(16)22)19(18(23)25)6-7-26-17(24)15(19)10-2-4-11(20)5-3-10/h2-5,8-9,15H,6-7H2,1H3/t15-,19-/m1/s1. The van der Waals surface area contributed by atoms with Crippen molar-refractivity contribution in [3.8, 4) is 0 Å². The summed E-state index contributed by atoms with van der Waals surface area (Å²) in [6.45, 7) is 0.176. The number of halogens is 3. The van der Waals surface area contributed by atoms with Crippen LogP contribution < -0.4 is 4.90 Å². The van der Waals surface area contributed by atoms with Gasteiger partial charge < -0.3 is 9.64 Å². The van der Waals surface area contributed by atoms with Crippen LogP contribution in [0.25, 0.3) is 0 Å². The number of carbonyl (C=O) groups excluding carboxylic acids is 2. The molecule has 4 nitrogen and oxygen atoms in total. The molecule has 26 heavy (non-hydrogen) atoms. The molecule has 0 aliphatic carbocycles. The summed E-state index contributed by atoms with van der Waals surface area (Å²) in [4.78, 5) is 27.7. The van der Waals surface area contributed by atoms with Gasteiger partial charge in [-0.25, -0.2) is 0 Å². The molecule has 7 heteroatoms. The Morgan fingerprint density at radius 3 is 2.58 bits per heavy atom. The lowest BCUT2D eigenvalue weighted by atomic mass is 9.65. The molecule has 1 fully saturated rings. The van der Waals surface area contributed by atoms with Gasteiger partial charge in [0.15, 0.2) is 0 Å². The number of carbonyl (C=O) groups is 2. The molecular weight excluding hydrogens is 441 g/mol. The van der Waals surface area contributed by atoms with Crippen LogP contribution in [0, 0.1) is 0 Å². The van der Waals surface area contributed by atoms with Crippen LogP contribution in [0.15, 0.2) is 40.9 Å². The van der Waals surface area contributed by atoms with Crippen molar-refractivity contribution in [2.24, 2.45) is 0 Å². The minimum Gasteiger partial charge on any atom is -0.465 e. The minimum absolute atomic E-state index is 0.166. The quantitative estimate of drug-likeness (QED) is 0.586. The van der Waals surface area contributed by atoms with E-state index in [2.05, 4.69) is 15.9 Å². The van der Waals surface area contributed by atoms with Gasteiger partial charge in [0.05, 0.1) is 22.7 Å². The van der Waals surface area contributed by atoms with Crippen molar-refractivity contribution in [1.82, 2.24) is 0 Å². The minimum atomic E-state index is -1.07. The zero-order valence-corrected chi connectivity index (χ0v) is 16.9. The lowest BCUT2D eigenvalue weighted by Crippen LogP contribution is -2.50. The molecule has 2 aliphatic heterocycles. The van der Waals surface area contributed by atoms with Crippen molar-refractivity contribution in [2.45, 2.75) is 17.8 Å². The van der Waals surface area contributed by atoms with Crippen molar-refractivity contribution in [3.05, 3.63) is 62.0 Å². The van der Waals surface area contributed by atoms with E-state index in [1.54, 1.807) is 19.2 Å². The highest BCUT2D eigenvalue weighted by Gasteiger charge is 2.60. The SMILES string of the molecule is CN1C(=O)[C@]2(CCOC(=O)[C@H]2c2ccc(Br)cc2)c2cc(Cl)cc(Cl)c21. The second-order valence-corrected chi connectivity index (χ2v) is 8.28. The summed E-state index contributed by atoms with van der Waals surface area (Å²) in [5.74, 6) is -1.33. The number of anilines is 1. The lowest BCUT2D eigenvalue weighted by molar-refractivity contribution is -0.156. The molecule has 0 bridgehead atoms. The second-order valence-electron chi connectivity index (χ2n) is 6.52. The van der Waals surface area contributed by atoms with Gasteiger partial charge in [-0.05, 0) is 35.4 Å². The number of likely N-dealkylation sites (N-methyl/N-ethyl adjacent to an activating group) is 1. The molecule has 2 atom stereocenters. The van der Waals surface area contributed by atoms with E-state index in [0.717, 1.165) is 10.0 Å². The van der Waals surface area contributed by atoms with Gasteiger partial charge in [0.1, 0.15) is 5.92 Å². The molecule has 0 radical (unpaired) electrons. The van der Waals surface area contributed by atoms with Crippen LogP contribution in [0.5, 0.6) is 0 Å². The van der Waals surface area contributed by atoms with Crippen LogP contribution in [0.1, 0.15) is 23.5 Å². The summed E-state index contributed by atoms with van der Waals surface area (Å²) < 4.78 is 6.22. The Kier molecular flexibility index (Phi) is 4.29. The van der Waals surface area contributed by atoms with Crippen molar-refractivity contribution < 1.29 is 14.3 Å². The summed E-state index contributed by atoms with van der Waals surface area (Å²) in [5.41, 5.74) is 0.954. The Morgan fingerprint density at radius 1 is 1.19 bits per heavy atom. The molecule has 0 N–H and O–H groups in total. The number of hydrogen-bond acceptors (Lipinski definition) is 3. The van der Waals surface area contributed by atoms with E-state index < -0.39 is 17.3 Å². The second kappa shape index (κ2) is 6.25. The molecule has 1 amide bonds. The maximum absolute atomic E-state index is 13.4. The fourth-order valence-corrected chi connectivity index (χ4v) is 4.99. The summed E-state index contributed by atoms with van der Waals surface area (Å²) in [6.07, 6.45) is 0.381. The van der Waals surface area contributed by atoms with Crippen LogP contribution in [-0.2, 0) is 19.7 Å². The average molecular weight is 455 g/mol. The van der Waals surface area contributed by atoms with E-state index in [9.17, 15) is 9.59 Å². The molecule has 1 saturated heterocycles. The van der Waals surface area contributed by atoms with Crippen LogP contribution >= 0.6 is 39.1 Å². The van der Waals surface area contributed by atoms with Gasteiger partial charge in [0.2, 0.25) is 5.91 Å². The molecule has 2 aliphatic rings. The third-order valence-corrected chi connectivity index (χ3v) is 6.24. The van der Waals surface area contributed by atoms with Gasteiger partial charge in [0.25, 0.3) is 0 Å². The Hall–Kier alpha value is -1.56. The average Bonchev–Trinajstić information content (AvgIpc) is 2.79. The lowest BCUT2D eigenvalue weighted by Gasteiger charge is -2.38. The van der Waals surface area contributed by atoms with E-state index in [0.29, 0.717) is 27.7 Å². The number of amides is 1. The number of esters is 1. The first kappa shape index (κ1) is 17.8. The fraction of sp³-hybridized carbons (Fsp3) is 0.263. The van der Waals surface area contributed by atoms with Gasteiger partial charge >= 0.3 is 5.97 Å². The first-order valence-electron chi connectivity index (χ1n) is 8.06. The molecule has 2 aromatic carbocycles. The number of cyclic esters (lactones) is 1. The highest BCUT2D eigenvalue weighted by Crippen LogP contribution is 2.56. The molecule has 0 aromatic heterocycles. The van der Waals surface area contributed by atoms with Crippen molar-refractivity contribution in [3.63, 3.8) is 0 Å². The van der Waals surface area contributed by atoms with Crippen molar-refractivity contribution in [1.29, 1.82) is 0 Å². The van der Waals surface area contributed by atoms with Crippen LogP contribution in [0.2, 0.25) is 10.0 Å². The Balaban J connectivity index is 2.00. The van der Waals surface area contributed by atoms with E-state index in [1.165, 1.54) is 4.90 Å². The largest absolute Gasteiger partial charge is 0.465 e. The number of rotatable bonds is 1. The number of ether oxygens (including phenoxy) is 1. The van der Waals surface area contributed by atoms with Gasteiger partial charge in [-0.3, -0.25) is 9.59 Å². The van der Waals surface area contributed by atoms with Gasteiger partial charge in [-0.2, -0.15) is 0 Å². The van der Waals surface area contributed by atoms with E-state index in [-0.39, 0.29) is 12.5 Å². The van der Waals surface area contributed by atoms with Crippen LogP contribution in [0.4, 0.5) is 5.69 Å². The molecule has 2 aromatic rings.